The van der Waals surface area contributed by atoms with Gasteiger partial charge in [0.05, 0.1) is 27.7 Å². The number of nitrogens with zero attached hydrogens (tertiary/aromatic N) is 6. The van der Waals surface area contributed by atoms with Crippen LogP contribution in [0.1, 0.15) is 55.6 Å². The van der Waals surface area contributed by atoms with Crippen LogP contribution in [0.2, 0.25) is 0 Å². The van der Waals surface area contributed by atoms with Crippen LogP contribution in [0.4, 0.5) is 0 Å². The van der Waals surface area contributed by atoms with Crippen LogP contribution in [-0.4, -0.2) is 99.2 Å². The summed E-state index contributed by atoms with van der Waals surface area (Å²) in [4.78, 5) is 28.3. The zero-order valence-electron chi connectivity index (χ0n) is 55.1. The third-order valence-electron chi connectivity index (χ3n) is 17.5. The number of rotatable bonds is 24. The first-order valence-electron chi connectivity index (χ1n) is 32.5. The molecule has 0 fully saturated rings. The number of aromatic hydroxyl groups is 4. The quantitative estimate of drug-likeness (QED) is 0.0309. The minimum absolute atomic E-state index is 0.0169. The zero-order valence-corrected chi connectivity index (χ0v) is 55.1. The van der Waals surface area contributed by atoms with Crippen LogP contribution in [0.5, 0.6) is 46.0 Å². The number of hydrogen-bond donors (Lipinski definition) is 6. The van der Waals surface area contributed by atoms with Crippen LogP contribution in [0.15, 0.2) is 232 Å². The lowest BCUT2D eigenvalue weighted by Gasteiger charge is -2.35. The molecule has 2 atom stereocenters. The van der Waals surface area contributed by atoms with Crippen LogP contribution >= 0.6 is 0 Å². The molecule has 13 rings (SSSR count). The average Bonchev–Trinajstić information content (AvgIpc) is 1.56. The SMILES string of the molecule is C=CCc1cc(C2(c3ccc(OCC(O)COc4ccc(-c5nc(-c6ccc(C)cc6O)nc(-c6ccc(C)cc6O)n5)cc4)c(CC=C)c3)c3ccccc3-c3ccccc32)ccc1OCC(O)COc1ccc(-c2nc(-c3ccc(C)cc3O)nc(-c3ccc(C)cc3O)n2)cc1. The fourth-order valence-electron chi connectivity index (χ4n) is 12.6. The van der Waals surface area contributed by atoms with Gasteiger partial charge in [-0.3, -0.25) is 0 Å². The van der Waals surface area contributed by atoms with Crippen LogP contribution in [0.3, 0.4) is 0 Å². The number of aliphatic hydroxyl groups is 2. The molecule has 0 saturated carbocycles. The van der Waals surface area contributed by atoms with Gasteiger partial charge in [-0.25, -0.2) is 29.9 Å². The van der Waals surface area contributed by atoms with Crippen molar-refractivity contribution >= 4 is 0 Å². The van der Waals surface area contributed by atoms with E-state index in [0.717, 1.165) is 66.8 Å². The van der Waals surface area contributed by atoms with E-state index < -0.39 is 17.6 Å². The van der Waals surface area contributed by atoms with Crippen molar-refractivity contribution in [3.63, 3.8) is 0 Å². The third kappa shape index (κ3) is 13.8. The van der Waals surface area contributed by atoms with Gasteiger partial charge in [-0.05, 0) is 216 Å². The monoisotopic (exact) mass is 1310 g/mol. The van der Waals surface area contributed by atoms with Crippen LogP contribution < -0.4 is 18.9 Å². The molecule has 1 aliphatic rings. The van der Waals surface area contributed by atoms with Crippen molar-refractivity contribution in [2.75, 3.05) is 26.4 Å². The number of aryl methyl sites for hydroxylation is 4. The molecule has 16 nitrogen and oxygen atoms in total. The first-order valence-corrected chi connectivity index (χ1v) is 32.5. The number of benzene rings is 10. The smallest absolute Gasteiger partial charge is 0.167 e. The van der Waals surface area contributed by atoms with Gasteiger partial charge in [0.15, 0.2) is 34.9 Å². The van der Waals surface area contributed by atoms with E-state index in [1.165, 1.54) is 0 Å². The molecule has 0 bridgehead atoms. The fraction of sp³-hybridized carbons (Fsp3) is 0.157. The predicted molar refractivity (Wildman–Crippen MR) is 383 cm³/mol. The molecule has 16 heteroatoms. The van der Waals surface area contributed by atoms with E-state index >= 15 is 0 Å². The number of fused-ring (bicyclic) bond motifs is 3. The normalized spacial score (nSPS) is 12.6. The van der Waals surface area contributed by atoms with Gasteiger partial charge in [-0.2, -0.15) is 0 Å². The highest BCUT2D eigenvalue weighted by molar-refractivity contribution is 5.87. The van der Waals surface area contributed by atoms with Crippen molar-refractivity contribution < 1.29 is 49.6 Å². The first kappa shape index (κ1) is 65.7. The molecule has 99 heavy (non-hydrogen) atoms. The Hall–Kier alpha value is -12.0. The summed E-state index contributed by atoms with van der Waals surface area (Å²) in [6.07, 6.45) is 2.59. The summed E-state index contributed by atoms with van der Waals surface area (Å²) in [5.41, 5.74) is 13.8. The Labute approximate surface area is 573 Å². The summed E-state index contributed by atoms with van der Waals surface area (Å²) in [7, 11) is 0. The molecule has 6 N–H and O–H groups in total. The number of ether oxygens (including phenoxy) is 4. The van der Waals surface area contributed by atoms with Crippen molar-refractivity contribution in [3.05, 3.63) is 287 Å². The summed E-state index contributed by atoms with van der Waals surface area (Å²) in [5.74, 6) is 3.82. The lowest BCUT2D eigenvalue weighted by molar-refractivity contribution is 0.0623. The minimum atomic E-state index is -1.01. The van der Waals surface area contributed by atoms with Gasteiger partial charge in [0, 0.05) is 11.1 Å². The van der Waals surface area contributed by atoms with Gasteiger partial charge in [0.25, 0.3) is 0 Å². The van der Waals surface area contributed by atoms with E-state index in [4.69, 9.17) is 38.9 Å². The number of hydrogen-bond acceptors (Lipinski definition) is 16. The highest BCUT2D eigenvalue weighted by Crippen LogP contribution is 2.57. The highest BCUT2D eigenvalue weighted by atomic mass is 16.5. The maximum atomic E-state index is 11.4. The van der Waals surface area contributed by atoms with E-state index in [1.807, 2.05) is 76.2 Å². The summed E-state index contributed by atoms with van der Waals surface area (Å²) in [6.45, 7) is 15.5. The van der Waals surface area contributed by atoms with Crippen molar-refractivity contribution in [1.82, 2.24) is 29.9 Å². The van der Waals surface area contributed by atoms with Gasteiger partial charge < -0.3 is 49.6 Å². The predicted octanol–water partition coefficient (Wildman–Crippen LogP) is 15.6. The molecular weight excluding hydrogens is 1240 g/mol. The van der Waals surface area contributed by atoms with Crippen LogP contribution in [0, 0.1) is 27.7 Å². The van der Waals surface area contributed by atoms with E-state index in [0.29, 0.717) is 80.9 Å². The van der Waals surface area contributed by atoms with Gasteiger partial charge >= 0.3 is 0 Å². The molecule has 0 spiro atoms. The number of phenolic OH excluding ortho intramolecular Hbond substituents is 4. The zero-order chi connectivity index (χ0) is 68.9. The standard InChI is InChI=1S/C83H72N6O10/c1-7-13-55-43-57(27-37-75(55)98-47-59(90)45-96-61-29-23-53(24-30-61)77-84-79(65-33-19-49(3)39-71(65)92)88-80(85-77)66-34-20-50(4)40-72(66)93)83(69-17-11-9-15-63(69)64-16-10-12-18-70(64)83)58-28-38-76(56(44-58)14-8-2)99-48-60(91)46-97-62-31-25-54(26-32-62)78-86-81(67-35-21-51(5)41-73(67)94)89-82(87-78)68-36-22-52(6)42-74(68)95/h7-12,15-44,59-60,90-95H,1-2,13-14,45-48H2,3-6H3. The Morgan fingerprint density at radius 3 is 0.990 bits per heavy atom. The molecule has 0 amide bonds. The van der Waals surface area contributed by atoms with Crippen molar-refractivity contribution in [2.24, 2.45) is 0 Å². The largest absolute Gasteiger partial charge is 0.507 e. The van der Waals surface area contributed by atoms with Gasteiger partial charge in [0.2, 0.25) is 0 Å². The summed E-state index contributed by atoms with van der Waals surface area (Å²) in [5, 5.41) is 66.5. The molecule has 1 aliphatic carbocycles. The van der Waals surface area contributed by atoms with Crippen LogP contribution in [0.25, 0.3) is 79.5 Å². The molecular formula is C83H72N6O10. The Morgan fingerprint density at radius 1 is 0.354 bits per heavy atom. The third-order valence-corrected chi connectivity index (χ3v) is 17.5. The number of aliphatic hydroxyl groups excluding tert-OH is 2. The van der Waals surface area contributed by atoms with Crippen LogP contribution in [-0.2, 0) is 18.3 Å². The van der Waals surface area contributed by atoms with E-state index in [2.05, 4.69) is 95.9 Å². The van der Waals surface area contributed by atoms with Gasteiger partial charge in [-0.1, -0.05) is 109 Å². The fourth-order valence-corrected chi connectivity index (χ4v) is 12.6. The molecule has 0 radical (unpaired) electrons. The van der Waals surface area contributed by atoms with Gasteiger partial charge in [0.1, 0.15) is 84.6 Å². The molecule has 2 heterocycles. The Bertz CT molecular complexity index is 4570. The lowest BCUT2D eigenvalue weighted by Crippen LogP contribution is -2.29. The molecule has 0 aliphatic heterocycles. The molecule has 0 saturated heterocycles. The second-order valence-electron chi connectivity index (χ2n) is 24.8. The Morgan fingerprint density at radius 2 is 0.667 bits per heavy atom. The highest BCUT2D eigenvalue weighted by Gasteiger charge is 2.46. The topological polar surface area (TPSA) is 236 Å². The average molecular weight is 1310 g/mol. The van der Waals surface area contributed by atoms with Crippen molar-refractivity contribution in [3.8, 4) is 125 Å². The number of aromatic nitrogens is 6. The van der Waals surface area contributed by atoms with Gasteiger partial charge in [-0.15, -0.1) is 13.2 Å². The lowest BCUT2D eigenvalue weighted by atomic mass is 9.67. The Balaban J connectivity index is 0.704. The molecule has 12 aromatic rings. The summed E-state index contributed by atoms with van der Waals surface area (Å²) >= 11 is 0. The number of phenols is 4. The summed E-state index contributed by atoms with van der Waals surface area (Å²) in [6, 6.07) is 64.7. The minimum Gasteiger partial charge on any atom is -0.507 e. The number of allylic oxidation sites excluding steroid dienone is 2. The molecule has 2 aromatic heterocycles. The summed E-state index contributed by atoms with van der Waals surface area (Å²) < 4.78 is 25.1. The maximum absolute atomic E-state index is 11.4. The maximum Gasteiger partial charge on any atom is 0.167 e. The molecule has 10 aromatic carbocycles. The van der Waals surface area contributed by atoms with E-state index in [1.54, 1.807) is 97.1 Å². The molecule has 2 unspecified atom stereocenters. The Kier molecular flexibility index (Phi) is 18.8. The second-order valence-corrected chi connectivity index (χ2v) is 24.8. The molecule has 494 valence electrons. The van der Waals surface area contributed by atoms with Crippen molar-refractivity contribution in [1.29, 1.82) is 0 Å². The van der Waals surface area contributed by atoms with E-state index in [-0.39, 0.29) is 72.7 Å². The first-order chi connectivity index (χ1) is 48.0. The van der Waals surface area contributed by atoms with E-state index in [9.17, 15) is 30.6 Å². The van der Waals surface area contributed by atoms with Crippen molar-refractivity contribution in [2.45, 2.75) is 58.2 Å². The second kappa shape index (κ2) is 28.4.